The lowest BCUT2D eigenvalue weighted by molar-refractivity contribution is 0.279. The lowest BCUT2D eigenvalue weighted by Gasteiger charge is -2.10. The molecular weight excluding hydrogens is 244 g/mol. The molecule has 0 aliphatic carbocycles. The van der Waals surface area contributed by atoms with Crippen LogP contribution in [0.3, 0.4) is 0 Å². The van der Waals surface area contributed by atoms with Crippen molar-refractivity contribution < 1.29 is 4.74 Å². The Morgan fingerprint density at radius 2 is 2.29 bits per heavy atom. The Kier molecular flexibility index (Phi) is 4.90. The van der Waals surface area contributed by atoms with E-state index in [1.54, 1.807) is 6.20 Å². The topological polar surface area (TPSA) is 25.4 Å². The number of ether oxygens (including phenoxy) is 1. The molecule has 0 amide bonds. The summed E-state index contributed by atoms with van der Waals surface area (Å²) >= 11 is 3.33. The Balaban J connectivity index is 2.28. The number of rotatable bonds is 5. The maximum Gasteiger partial charge on any atom is 0.152 e. The maximum atomic E-state index is 5.55. The van der Waals surface area contributed by atoms with Gasteiger partial charge in [0.1, 0.15) is 4.60 Å². The van der Waals surface area contributed by atoms with Crippen molar-refractivity contribution in [1.82, 2.24) is 9.88 Å². The number of nitrogens with zero attached hydrogens (tertiary/aromatic N) is 2. The zero-order chi connectivity index (χ0) is 10.4. The van der Waals surface area contributed by atoms with Crippen molar-refractivity contribution >= 4 is 15.9 Å². The van der Waals surface area contributed by atoms with Crippen molar-refractivity contribution in [2.24, 2.45) is 0 Å². The smallest absolute Gasteiger partial charge is 0.152 e. The first-order valence-corrected chi connectivity index (χ1v) is 5.37. The van der Waals surface area contributed by atoms with Gasteiger partial charge in [0, 0.05) is 12.7 Å². The van der Waals surface area contributed by atoms with Gasteiger partial charge in [0.2, 0.25) is 0 Å². The standard InChI is InChI=1S/C10H15BrN2O/c1-13(2)7-4-8-14-9-5-3-6-12-10(9)11/h3,5-6H,4,7-8H2,1-2H3. The Hall–Kier alpha value is -0.610. The highest BCUT2D eigenvalue weighted by atomic mass is 79.9. The first-order valence-electron chi connectivity index (χ1n) is 4.58. The lowest BCUT2D eigenvalue weighted by Crippen LogP contribution is -2.15. The number of halogens is 1. The number of hydrogen-bond acceptors (Lipinski definition) is 3. The molecule has 78 valence electrons. The molecule has 0 bridgehead atoms. The van der Waals surface area contributed by atoms with E-state index in [1.807, 2.05) is 12.1 Å². The van der Waals surface area contributed by atoms with Crippen LogP contribution < -0.4 is 4.74 Å². The van der Waals surface area contributed by atoms with E-state index in [-0.39, 0.29) is 0 Å². The second kappa shape index (κ2) is 5.98. The number of pyridine rings is 1. The van der Waals surface area contributed by atoms with Gasteiger partial charge in [-0.3, -0.25) is 0 Å². The quantitative estimate of drug-likeness (QED) is 0.598. The molecule has 0 aromatic carbocycles. The molecule has 0 unspecified atom stereocenters. The molecule has 0 spiro atoms. The SMILES string of the molecule is CN(C)CCCOc1cccnc1Br. The molecule has 0 radical (unpaired) electrons. The molecule has 0 aliphatic rings. The van der Waals surface area contributed by atoms with E-state index < -0.39 is 0 Å². The van der Waals surface area contributed by atoms with Crippen molar-refractivity contribution in [3.8, 4) is 5.75 Å². The fourth-order valence-corrected chi connectivity index (χ4v) is 1.41. The summed E-state index contributed by atoms with van der Waals surface area (Å²) in [6.07, 6.45) is 2.76. The van der Waals surface area contributed by atoms with E-state index >= 15 is 0 Å². The van der Waals surface area contributed by atoms with Gasteiger partial charge >= 0.3 is 0 Å². The molecule has 0 fully saturated rings. The molecule has 3 nitrogen and oxygen atoms in total. The minimum Gasteiger partial charge on any atom is -0.491 e. The van der Waals surface area contributed by atoms with Crippen LogP contribution >= 0.6 is 15.9 Å². The summed E-state index contributed by atoms with van der Waals surface area (Å²) in [4.78, 5) is 6.21. The van der Waals surface area contributed by atoms with Crippen LogP contribution in [0.2, 0.25) is 0 Å². The van der Waals surface area contributed by atoms with Gasteiger partial charge < -0.3 is 9.64 Å². The van der Waals surface area contributed by atoms with Gasteiger partial charge in [0.25, 0.3) is 0 Å². The van der Waals surface area contributed by atoms with E-state index in [0.717, 1.165) is 29.9 Å². The van der Waals surface area contributed by atoms with Crippen LogP contribution in [0, 0.1) is 0 Å². The summed E-state index contributed by atoms with van der Waals surface area (Å²) in [5, 5.41) is 0. The van der Waals surface area contributed by atoms with E-state index in [1.165, 1.54) is 0 Å². The van der Waals surface area contributed by atoms with E-state index in [9.17, 15) is 0 Å². The monoisotopic (exact) mass is 258 g/mol. The van der Waals surface area contributed by atoms with Gasteiger partial charge in [-0.15, -0.1) is 0 Å². The van der Waals surface area contributed by atoms with Crippen LogP contribution in [0.1, 0.15) is 6.42 Å². The third-order valence-corrected chi connectivity index (χ3v) is 2.33. The molecule has 1 heterocycles. The molecule has 1 aromatic rings. The molecule has 0 saturated heterocycles. The third kappa shape index (κ3) is 4.07. The van der Waals surface area contributed by atoms with Gasteiger partial charge in [-0.25, -0.2) is 4.98 Å². The summed E-state index contributed by atoms with van der Waals surface area (Å²) in [6, 6.07) is 3.78. The van der Waals surface area contributed by atoms with Crippen molar-refractivity contribution in [3.05, 3.63) is 22.9 Å². The second-order valence-corrected chi connectivity index (χ2v) is 4.05. The summed E-state index contributed by atoms with van der Waals surface area (Å²) < 4.78 is 6.32. The minimum atomic E-state index is 0.725. The van der Waals surface area contributed by atoms with Gasteiger partial charge in [-0.1, -0.05) is 0 Å². The van der Waals surface area contributed by atoms with Gasteiger partial charge in [0.05, 0.1) is 6.61 Å². The third-order valence-electron chi connectivity index (χ3n) is 1.73. The first kappa shape index (κ1) is 11.5. The molecule has 4 heteroatoms. The fourth-order valence-electron chi connectivity index (χ4n) is 1.04. The van der Waals surface area contributed by atoms with E-state index in [0.29, 0.717) is 0 Å². The second-order valence-electron chi connectivity index (χ2n) is 3.30. The minimum absolute atomic E-state index is 0.725. The highest BCUT2D eigenvalue weighted by Crippen LogP contribution is 2.20. The normalized spacial score (nSPS) is 10.6. The molecule has 1 rings (SSSR count). The predicted molar refractivity (Wildman–Crippen MR) is 60.6 cm³/mol. The van der Waals surface area contributed by atoms with E-state index in [4.69, 9.17) is 4.74 Å². The van der Waals surface area contributed by atoms with Crippen LogP contribution in [0.4, 0.5) is 0 Å². The summed E-state index contributed by atoms with van der Waals surface area (Å²) in [5.41, 5.74) is 0. The first-order chi connectivity index (χ1) is 6.70. The summed E-state index contributed by atoms with van der Waals surface area (Å²) in [7, 11) is 4.11. The molecule has 1 aromatic heterocycles. The van der Waals surface area contributed by atoms with Crippen molar-refractivity contribution in [2.75, 3.05) is 27.2 Å². The average molecular weight is 259 g/mol. The van der Waals surface area contributed by atoms with Crippen LogP contribution in [-0.2, 0) is 0 Å². The van der Waals surface area contributed by atoms with Crippen molar-refractivity contribution in [2.45, 2.75) is 6.42 Å². The number of aromatic nitrogens is 1. The summed E-state index contributed by atoms with van der Waals surface area (Å²) in [6.45, 7) is 1.76. The highest BCUT2D eigenvalue weighted by molar-refractivity contribution is 9.10. The molecule has 0 N–H and O–H groups in total. The summed E-state index contributed by atoms with van der Waals surface area (Å²) in [5.74, 6) is 0.811. The zero-order valence-corrected chi connectivity index (χ0v) is 10.1. The average Bonchev–Trinajstić information content (AvgIpc) is 2.15. The van der Waals surface area contributed by atoms with Crippen molar-refractivity contribution in [1.29, 1.82) is 0 Å². The van der Waals surface area contributed by atoms with Gasteiger partial charge in [-0.2, -0.15) is 0 Å². The van der Waals surface area contributed by atoms with Crippen LogP contribution in [0.25, 0.3) is 0 Å². The Labute approximate surface area is 93.2 Å². The fraction of sp³-hybridized carbons (Fsp3) is 0.500. The maximum absolute atomic E-state index is 5.55. The van der Waals surface area contributed by atoms with Crippen LogP contribution in [-0.4, -0.2) is 37.1 Å². The van der Waals surface area contributed by atoms with Gasteiger partial charge in [-0.05, 0) is 48.6 Å². The lowest BCUT2D eigenvalue weighted by atomic mass is 10.4. The van der Waals surface area contributed by atoms with E-state index in [2.05, 4.69) is 39.9 Å². The predicted octanol–water partition coefficient (Wildman–Crippen LogP) is 2.17. The van der Waals surface area contributed by atoms with Gasteiger partial charge in [0.15, 0.2) is 5.75 Å². The van der Waals surface area contributed by atoms with Crippen LogP contribution in [0.5, 0.6) is 5.75 Å². The number of hydrogen-bond donors (Lipinski definition) is 0. The highest BCUT2D eigenvalue weighted by Gasteiger charge is 1.99. The Morgan fingerprint density at radius 1 is 1.50 bits per heavy atom. The molecule has 14 heavy (non-hydrogen) atoms. The largest absolute Gasteiger partial charge is 0.491 e. The molecular formula is C10H15BrN2O. The molecule has 0 saturated carbocycles. The Morgan fingerprint density at radius 3 is 2.93 bits per heavy atom. The molecule has 0 atom stereocenters. The zero-order valence-electron chi connectivity index (χ0n) is 8.53. The Bertz CT molecular complexity index is 279. The van der Waals surface area contributed by atoms with Crippen molar-refractivity contribution in [3.63, 3.8) is 0 Å². The molecule has 0 aliphatic heterocycles. The van der Waals surface area contributed by atoms with Crippen LogP contribution in [0.15, 0.2) is 22.9 Å².